The molecule has 0 aliphatic rings. The van der Waals surface area contributed by atoms with Crippen molar-refractivity contribution in [3.8, 4) is 11.5 Å². The molecule has 0 amide bonds. The van der Waals surface area contributed by atoms with Gasteiger partial charge in [0.25, 0.3) is 0 Å². The lowest BCUT2D eigenvalue weighted by molar-refractivity contribution is 0.455. The van der Waals surface area contributed by atoms with Crippen LogP contribution in [0.3, 0.4) is 0 Å². The first-order valence-corrected chi connectivity index (χ1v) is 3.54. The number of aromatic hydroxyl groups is 2. The van der Waals surface area contributed by atoms with Gasteiger partial charge in [0.1, 0.15) is 11.5 Å². The predicted molar refractivity (Wildman–Crippen MR) is 45.1 cm³/mol. The van der Waals surface area contributed by atoms with Gasteiger partial charge in [-0.05, 0) is 12.1 Å². The number of rotatable bonds is 0. The average molecular weight is 161 g/mol. The third-order valence-corrected chi connectivity index (χ3v) is 1.68. The van der Waals surface area contributed by atoms with Crippen LogP contribution in [0.15, 0.2) is 30.5 Å². The monoisotopic (exact) mass is 161 g/mol. The van der Waals surface area contributed by atoms with E-state index in [1.807, 2.05) is 0 Å². The molecule has 60 valence electrons. The first kappa shape index (κ1) is 6.91. The Balaban J connectivity index is 2.89. The van der Waals surface area contributed by atoms with Crippen molar-refractivity contribution in [2.75, 3.05) is 0 Å². The number of phenols is 2. The van der Waals surface area contributed by atoms with Crippen LogP contribution in [0.4, 0.5) is 0 Å². The van der Waals surface area contributed by atoms with Crippen LogP contribution >= 0.6 is 0 Å². The summed E-state index contributed by atoms with van der Waals surface area (Å²) in [5.74, 6) is 0.0804. The SMILES string of the molecule is Oc1cc(O)c2cccnc2c1. The maximum absolute atomic E-state index is 9.35. The van der Waals surface area contributed by atoms with E-state index in [9.17, 15) is 5.11 Å². The van der Waals surface area contributed by atoms with Crippen molar-refractivity contribution in [1.29, 1.82) is 0 Å². The number of hydrogen-bond donors (Lipinski definition) is 2. The number of hydrogen-bond acceptors (Lipinski definition) is 3. The molecule has 1 aromatic heterocycles. The van der Waals surface area contributed by atoms with Crippen LogP contribution < -0.4 is 0 Å². The van der Waals surface area contributed by atoms with Crippen LogP contribution in [0, 0.1) is 0 Å². The van der Waals surface area contributed by atoms with E-state index in [1.54, 1.807) is 18.3 Å². The van der Waals surface area contributed by atoms with Crippen LogP contribution in [0.2, 0.25) is 0 Å². The van der Waals surface area contributed by atoms with Crippen molar-refractivity contribution in [3.63, 3.8) is 0 Å². The molecule has 2 rings (SSSR count). The third-order valence-electron chi connectivity index (χ3n) is 1.68. The summed E-state index contributed by atoms with van der Waals surface area (Å²) in [6, 6.07) is 6.29. The standard InChI is InChI=1S/C9H7NO2/c11-6-4-8-7(9(12)5-6)2-1-3-10-8/h1-5,11-12H. The fraction of sp³-hybridized carbons (Fsp3) is 0. The van der Waals surface area contributed by atoms with Gasteiger partial charge in [0, 0.05) is 23.7 Å². The summed E-state index contributed by atoms with van der Waals surface area (Å²) < 4.78 is 0. The zero-order chi connectivity index (χ0) is 8.55. The topological polar surface area (TPSA) is 53.4 Å². The fourth-order valence-electron chi connectivity index (χ4n) is 1.15. The highest BCUT2D eigenvalue weighted by Crippen LogP contribution is 2.27. The van der Waals surface area contributed by atoms with Gasteiger partial charge >= 0.3 is 0 Å². The maximum atomic E-state index is 9.35. The molecule has 12 heavy (non-hydrogen) atoms. The van der Waals surface area contributed by atoms with E-state index >= 15 is 0 Å². The largest absolute Gasteiger partial charge is 0.508 e. The van der Waals surface area contributed by atoms with E-state index in [1.165, 1.54) is 12.1 Å². The highest BCUT2D eigenvalue weighted by Gasteiger charge is 2.01. The van der Waals surface area contributed by atoms with Crippen LogP contribution in [-0.4, -0.2) is 15.2 Å². The molecule has 0 spiro atoms. The second kappa shape index (κ2) is 2.37. The molecule has 0 aliphatic carbocycles. The van der Waals surface area contributed by atoms with Gasteiger partial charge in [0.15, 0.2) is 0 Å². The van der Waals surface area contributed by atoms with Crippen molar-refractivity contribution in [2.24, 2.45) is 0 Å². The Morgan fingerprint density at radius 2 is 2.00 bits per heavy atom. The van der Waals surface area contributed by atoms with Gasteiger partial charge in [-0.3, -0.25) is 4.98 Å². The summed E-state index contributed by atoms with van der Waals surface area (Å²) in [5.41, 5.74) is 0.593. The molecule has 1 aromatic carbocycles. The zero-order valence-corrected chi connectivity index (χ0v) is 6.23. The molecule has 2 aromatic rings. The van der Waals surface area contributed by atoms with Gasteiger partial charge in [0.05, 0.1) is 5.52 Å². The van der Waals surface area contributed by atoms with Gasteiger partial charge in [-0.25, -0.2) is 0 Å². The minimum Gasteiger partial charge on any atom is -0.508 e. The van der Waals surface area contributed by atoms with Gasteiger partial charge in [0.2, 0.25) is 0 Å². The highest BCUT2D eigenvalue weighted by molar-refractivity contribution is 5.85. The number of benzene rings is 1. The number of aromatic nitrogens is 1. The van der Waals surface area contributed by atoms with Crippen LogP contribution in [0.25, 0.3) is 10.9 Å². The van der Waals surface area contributed by atoms with Gasteiger partial charge in [-0.15, -0.1) is 0 Å². The Morgan fingerprint density at radius 3 is 2.83 bits per heavy atom. The fourth-order valence-corrected chi connectivity index (χ4v) is 1.15. The highest BCUT2D eigenvalue weighted by atomic mass is 16.3. The second-order valence-corrected chi connectivity index (χ2v) is 2.53. The summed E-state index contributed by atoms with van der Waals surface area (Å²) >= 11 is 0. The Hall–Kier alpha value is -1.77. The summed E-state index contributed by atoms with van der Waals surface area (Å²) in [7, 11) is 0. The van der Waals surface area contributed by atoms with E-state index in [4.69, 9.17) is 5.11 Å². The molecule has 0 atom stereocenters. The van der Waals surface area contributed by atoms with E-state index in [0.717, 1.165) is 0 Å². The lowest BCUT2D eigenvalue weighted by Crippen LogP contribution is -1.77. The predicted octanol–water partition coefficient (Wildman–Crippen LogP) is 1.65. The maximum Gasteiger partial charge on any atom is 0.128 e. The van der Waals surface area contributed by atoms with Crippen molar-refractivity contribution < 1.29 is 10.2 Å². The molecule has 0 aliphatic heterocycles. The van der Waals surface area contributed by atoms with Crippen LogP contribution in [0.1, 0.15) is 0 Å². The van der Waals surface area contributed by atoms with E-state index < -0.39 is 0 Å². The molecular weight excluding hydrogens is 154 g/mol. The van der Waals surface area contributed by atoms with E-state index in [-0.39, 0.29) is 11.5 Å². The van der Waals surface area contributed by atoms with Crippen LogP contribution in [0.5, 0.6) is 11.5 Å². The van der Waals surface area contributed by atoms with Gasteiger partial charge in [-0.1, -0.05) is 0 Å². The molecule has 0 bridgehead atoms. The quantitative estimate of drug-likeness (QED) is 0.617. The first-order valence-electron chi connectivity index (χ1n) is 3.54. The second-order valence-electron chi connectivity index (χ2n) is 2.53. The summed E-state index contributed by atoms with van der Waals surface area (Å²) in [6.07, 6.45) is 1.61. The molecule has 0 unspecified atom stereocenters. The number of fused-ring (bicyclic) bond motifs is 1. The minimum atomic E-state index is 0.0266. The van der Waals surface area contributed by atoms with E-state index in [2.05, 4.69) is 4.98 Å². The van der Waals surface area contributed by atoms with Crippen molar-refractivity contribution >= 4 is 10.9 Å². The van der Waals surface area contributed by atoms with Gasteiger partial charge in [-0.2, -0.15) is 0 Å². The number of nitrogens with zero attached hydrogens (tertiary/aromatic N) is 1. The lowest BCUT2D eigenvalue weighted by atomic mass is 10.2. The zero-order valence-electron chi connectivity index (χ0n) is 6.23. The molecule has 3 heteroatoms. The molecule has 0 fully saturated rings. The smallest absolute Gasteiger partial charge is 0.128 e. The Morgan fingerprint density at radius 1 is 1.17 bits per heavy atom. The summed E-state index contributed by atoms with van der Waals surface area (Å²) in [6.45, 7) is 0. The van der Waals surface area contributed by atoms with Gasteiger partial charge < -0.3 is 10.2 Å². The Bertz CT molecular complexity index is 426. The van der Waals surface area contributed by atoms with Crippen molar-refractivity contribution in [1.82, 2.24) is 4.98 Å². The minimum absolute atomic E-state index is 0.0266. The average Bonchev–Trinajstić information content (AvgIpc) is 2.04. The summed E-state index contributed by atoms with van der Waals surface area (Å²) in [5, 5.41) is 19.1. The molecule has 3 nitrogen and oxygen atoms in total. The normalized spacial score (nSPS) is 10.3. The van der Waals surface area contributed by atoms with E-state index in [0.29, 0.717) is 10.9 Å². The summed E-state index contributed by atoms with van der Waals surface area (Å²) in [4.78, 5) is 3.98. The first-order chi connectivity index (χ1) is 5.77. The molecule has 2 N–H and O–H groups in total. The molecule has 1 heterocycles. The number of pyridine rings is 1. The number of phenolic OH excluding ortho intramolecular Hbond substituents is 2. The molecular formula is C9H7NO2. The Kier molecular flexibility index (Phi) is 1.37. The molecule has 0 saturated carbocycles. The molecule has 0 saturated heterocycles. The van der Waals surface area contributed by atoms with Crippen LogP contribution in [-0.2, 0) is 0 Å². The third kappa shape index (κ3) is 0.955. The van der Waals surface area contributed by atoms with Crippen molar-refractivity contribution in [3.05, 3.63) is 30.5 Å². The Labute approximate surface area is 68.9 Å². The lowest BCUT2D eigenvalue weighted by Gasteiger charge is -1.99. The molecule has 0 radical (unpaired) electrons. The van der Waals surface area contributed by atoms with Crippen molar-refractivity contribution in [2.45, 2.75) is 0 Å².